The minimum Gasteiger partial charge on any atom is -0.496 e. The topological polar surface area (TPSA) is 48.4 Å². The van der Waals surface area contributed by atoms with Gasteiger partial charge in [-0.2, -0.15) is 0 Å². The number of ether oxygens (including phenoxy) is 1. The van der Waals surface area contributed by atoms with Gasteiger partial charge in [0.15, 0.2) is 5.22 Å². The van der Waals surface area contributed by atoms with Crippen molar-refractivity contribution in [2.24, 2.45) is 5.73 Å². The monoisotopic (exact) mass is 255 g/mol. The largest absolute Gasteiger partial charge is 0.496 e. The number of methoxy groups -OCH3 is 1. The van der Waals surface area contributed by atoms with E-state index in [9.17, 15) is 4.39 Å². The molecule has 0 aliphatic carbocycles. The zero-order chi connectivity index (χ0) is 12.4. The van der Waals surface area contributed by atoms with Gasteiger partial charge in [0.25, 0.3) is 0 Å². The fourth-order valence-electron chi connectivity index (χ4n) is 1.64. The van der Waals surface area contributed by atoms with Gasteiger partial charge in [-0.25, -0.2) is 4.39 Å². The van der Waals surface area contributed by atoms with Crippen molar-refractivity contribution in [3.05, 3.63) is 52.7 Å². The van der Waals surface area contributed by atoms with E-state index in [0.717, 1.165) is 0 Å². The molecule has 0 radical (unpaired) electrons. The third-order valence-corrected chi connectivity index (χ3v) is 2.82. The van der Waals surface area contributed by atoms with Gasteiger partial charge in [0.2, 0.25) is 0 Å². The lowest BCUT2D eigenvalue weighted by Crippen LogP contribution is -2.13. The molecule has 0 bridgehead atoms. The van der Waals surface area contributed by atoms with Crippen LogP contribution in [0.1, 0.15) is 17.2 Å². The van der Waals surface area contributed by atoms with Crippen LogP contribution in [-0.4, -0.2) is 7.11 Å². The SMILES string of the molecule is COc1ccc(F)cc1C(N)c1ccoc1Cl. The Balaban J connectivity index is 2.46. The first-order valence-electron chi connectivity index (χ1n) is 4.95. The molecule has 5 heteroatoms. The molecule has 0 amide bonds. The molecule has 1 heterocycles. The lowest BCUT2D eigenvalue weighted by atomic mass is 10.0. The van der Waals surface area contributed by atoms with E-state index in [4.69, 9.17) is 26.5 Å². The average molecular weight is 256 g/mol. The highest BCUT2D eigenvalue weighted by Crippen LogP contribution is 2.32. The van der Waals surface area contributed by atoms with E-state index in [1.165, 1.54) is 31.6 Å². The lowest BCUT2D eigenvalue weighted by molar-refractivity contribution is 0.406. The summed E-state index contributed by atoms with van der Waals surface area (Å²) < 4.78 is 23.3. The standard InChI is InChI=1S/C12H11ClFNO2/c1-16-10-3-2-7(14)6-9(10)11(15)8-4-5-17-12(8)13/h2-6,11H,15H2,1H3. The fourth-order valence-corrected chi connectivity index (χ4v) is 1.87. The van der Waals surface area contributed by atoms with Crippen LogP contribution in [0.2, 0.25) is 5.22 Å². The number of furan rings is 1. The molecule has 2 rings (SSSR count). The van der Waals surface area contributed by atoms with Crippen LogP contribution in [0.4, 0.5) is 4.39 Å². The first-order chi connectivity index (χ1) is 8.13. The van der Waals surface area contributed by atoms with Gasteiger partial charge in [-0.1, -0.05) is 0 Å². The van der Waals surface area contributed by atoms with Gasteiger partial charge in [-0.05, 0) is 35.9 Å². The van der Waals surface area contributed by atoms with Gasteiger partial charge in [0.05, 0.1) is 19.4 Å². The summed E-state index contributed by atoms with van der Waals surface area (Å²) in [5.74, 6) is 0.132. The van der Waals surface area contributed by atoms with Crippen LogP contribution >= 0.6 is 11.6 Å². The Bertz CT molecular complexity index is 527. The van der Waals surface area contributed by atoms with Gasteiger partial charge in [0, 0.05) is 11.1 Å². The Kier molecular flexibility index (Phi) is 3.36. The van der Waals surface area contributed by atoms with Gasteiger partial charge in [0.1, 0.15) is 11.6 Å². The van der Waals surface area contributed by atoms with Crippen LogP contribution in [-0.2, 0) is 0 Å². The molecule has 2 aromatic rings. The molecule has 0 spiro atoms. The van der Waals surface area contributed by atoms with Crippen LogP contribution in [0.25, 0.3) is 0 Å². The molecule has 1 atom stereocenters. The Hall–Kier alpha value is -1.52. The molecule has 3 nitrogen and oxygen atoms in total. The highest BCUT2D eigenvalue weighted by atomic mass is 35.5. The number of rotatable bonds is 3. The second-order valence-corrected chi connectivity index (χ2v) is 3.86. The minimum atomic E-state index is -0.591. The molecule has 2 N–H and O–H groups in total. The molecule has 90 valence electrons. The number of hydrogen-bond acceptors (Lipinski definition) is 3. The summed E-state index contributed by atoms with van der Waals surface area (Å²) in [4.78, 5) is 0. The van der Waals surface area contributed by atoms with E-state index in [-0.39, 0.29) is 11.0 Å². The predicted octanol–water partition coefficient (Wildman–Crippen LogP) is 3.13. The van der Waals surface area contributed by atoms with Crippen molar-refractivity contribution < 1.29 is 13.5 Å². The number of nitrogens with two attached hydrogens (primary N) is 1. The Morgan fingerprint density at radius 1 is 1.35 bits per heavy atom. The maximum absolute atomic E-state index is 13.2. The number of hydrogen-bond donors (Lipinski definition) is 1. The molecule has 0 fully saturated rings. The second kappa shape index (κ2) is 4.77. The van der Waals surface area contributed by atoms with Crippen LogP contribution in [0.15, 0.2) is 34.9 Å². The molecule has 0 saturated carbocycles. The van der Waals surface area contributed by atoms with Crippen molar-refractivity contribution in [2.45, 2.75) is 6.04 Å². The molecule has 1 unspecified atom stereocenters. The van der Waals surface area contributed by atoms with E-state index >= 15 is 0 Å². The first kappa shape index (κ1) is 12.0. The van der Waals surface area contributed by atoms with Gasteiger partial charge in [-0.3, -0.25) is 0 Å². The smallest absolute Gasteiger partial charge is 0.198 e. The normalized spacial score (nSPS) is 12.5. The molecule has 0 aliphatic heterocycles. The summed E-state index contributed by atoms with van der Waals surface area (Å²) in [5, 5.41) is 0.198. The van der Waals surface area contributed by atoms with Gasteiger partial charge < -0.3 is 14.9 Å². The van der Waals surface area contributed by atoms with Crippen LogP contribution in [0, 0.1) is 5.82 Å². The Morgan fingerprint density at radius 3 is 2.71 bits per heavy atom. The van der Waals surface area contributed by atoms with E-state index in [0.29, 0.717) is 16.9 Å². The number of benzene rings is 1. The highest BCUT2D eigenvalue weighted by Gasteiger charge is 2.19. The van der Waals surface area contributed by atoms with Gasteiger partial charge in [-0.15, -0.1) is 0 Å². The maximum Gasteiger partial charge on any atom is 0.198 e. The fraction of sp³-hybridized carbons (Fsp3) is 0.167. The molecule has 0 saturated heterocycles. The van der Waals surface area contributed by atoms with E-state index in [1.54, 1.807) is 6.07 Å². The summed E-state index contributed by atoms with van der Waals surface area (Å²) in [5.41, 5.74) is 7.13. The molecule has 17 heavy (non-hydrogen) atoms. The summed E-state index contributed by atoms with van der Waals surface area (Å²) in [6, 6.07) is 5.22. The summed E-state index contributed by atoms with van der Waals surface area (Å²) in [7, 11) is 1.50. The maximum atomic E-state index is 13.2. The van der Waals surface area contributed by atoms with Crippen molar-refractivity contribution in [1.82, 2.24) is 0 Å². The highest BCUT2D eigenvalue weighted by molar-refractivity contribution is 6.29. The number of halogens is 2. The van der Waals surface area contributed by atoms with Crippen molar-refractivity contribution in [3.63, 3.8) is 0 Å². The third-order valence-electron chi connectivity index (χ3n) is 2.51. The predicted molar refractivity (Wildman–Crippen MR) is 62.7 cm³/mol. The molecular weight excluding hydrogens is 245 g/mol. The minimum absolute atomic E-state index is 0.198. The molecule has 1 aromatic carbocycles. The van der Waals surface area contributed by atoms with E-state index in [1.807, 2.05) is 0 Å². The molecule has 1 aromatic heterocycles. The van der Waals surface area contributed by atoms with Crippen molar-refractivity contribution in [3.8, 4) is 5.75 Å². The van der Waals surface area contributed by atoms with Gasteiger partial charge >= 0.3 is 0 Å². The summed E-state index contributed by atoms with van der Waals surface area (Å²) in [6.45, 7) is 0. The van der Waals surface area contributed by atoms with Crippen molar-refractivity contribution in [2.75, 3.05) is 7.11 Å². The van der Waals surface area contributed by atoms with Crippen LogP contribution < -0.4 is 10.5 Å². The van der Waals surface area contributed by atoms with Crippen LogP contribution in [0.3, 0.4) is 0 Å². The van der Waals surface area contributed by atoms with E-state index in [2.05, 4.69) is 0 Å². The van der Waals surface area contributed by atoms with E-state index < -0.39 is 6.04 Å². The molecular formula is C12H11ClFNO2. The third kappa shape index (κ3) is 2.28. The second-order valence-electron chi connectivity index (χ2n) is 3.51. The summed E-state index contributed by atoms with van der Waals surface area (Å²) >= 11 is 5.84. The Morgan fingerprint density at radius 2 is 2.12 bits per heavy atom. The van der Waals surface area contributed by atoms with Crippen molar-refractivity contribution in [1.29, 1.82) is 0 Å². The zero-order valence-corrected chi connectivity index (χ0v) is 9.87. The van der Waals surface area contributed by atoms with Crippen molar-refractivity contribution >= 4 is 11.6 Å². The lowest BCUT2D eigenvalue weighted by Gasteiger charge is -2.14. The zero-order valence-electron chi connectivity index (χ0n) is 9.11. The first-order valence-corrected chi connectivity index (χ1v) is 5.33. The quantitative estimate of drug-likeness (QED) is 0.917. The molecule has 0 aliphatic rings. The van der Waals surface area contributed by atoms with Crippen LogP contribution in [0.5, 0.6) is 5.75 Å². The summed E-state index contributed by atoms with van der Waals surface area (Å²) in [6.07, 6.45) is 1.43. The Labute approximate surface area is 103 Å². The average Bonchev–Trinajstić information content (AvgIpc) is 2.74.